The molecule has 0 bridgehead atoms. The van der Waals surface area contributed by atoms with E-state index in [-0.39, 0.29) is 38.9 Å². The second kappa shape index (κ2) is 7.21. The molecule has 1 aliphatic carbocycles. The molecule has 3 aromatic rings. The lowest BCUT2D eigenvalue weighted by Crippen LogP contribution is -2.40. The highest BCUT2D eigenvalue weighted by Crippen LogP contribution is 2.42. The van der Waals surface area contributed by atoms with Crippen LogP contribution in [0.5, 0.6) is 0 Å². The minimum absolute atomic E-state index is 0.0160. The summed E-state index contributed by atoms with van der Waals surface area (Å²) >= 11 is 0. The van der Waals surface area contributed by atoms with Crippen LogP contribution in [-0.4, -0.2) is 46.0 Å². The number of nitrogens with zero attached hydrogens (tertiary/aromatic N) is 4. The Bertz CT molecular complexity index is 1250. The van der Waals surface area contributed by atoms with Gasteiger partial charge in [-0.3, -0.25) is 14.6 Å². The molecule has 0 N–H and O–H groups in total. The first-order valence-electron chi connectivity index (χ1n) is 9.42. The minimum atomic E-state index is -5.71. The van der Waals surface area contributed by atoms with Crippen LogP contribution in [-0.2, 0) is 16.4 Å². The molecule has 3 aromatic heterocycles. The van der Waals surface area contributed by atoms with Crippen molar-refractivity contribution < 1.29 is 30.4 Å². The zero-order valence-electron chi connectivity index (χ0n) is 16.2. The van der Waals surface area contributed by atoms with Crippen molar-refractivity contribution in [1.82, 2.24) is 19.7 Å². The number of alkyl halides is 5. The predicted molar refractivity (Wildman–Crippen MR) is 101 cm³/mol. The molecule has 12 heteroatoms. The maximum Gasteiger partial charge on any atom is 0.455 e. The number of halogens is 5. The molecule has 0 aromatic carbocycles. The monoisotopic (exact) mass is 460 g/mol. The summed E-state index contributed by atoms with van der Waals surface area (Å²) in [5, 5.41) is 3.85. The fourth-order valence-electron chi connectivity index (χ4n) is 3.19. The summed E-state index contributed by atoms with van der Waals surface area (Å²) in [5.74, 6) is -4.84. The van der Waals surface area contributed by atoms with E-state index >= 15 is 0 Å². The molecule has 0 saturated heterocycles. The second-order valence-electron chi connectivity index (χ2n) is 7.43. The average Bonchev–Trinajstić information content (AvgIpc) is 3.49. The third-order valence-electron chi connectivity index (χ3n) is 5.17. The van der Waals surface area contributed by atoms with Crippen LogP contribution in [0.15, 0.2) is 35.6 Å². The van der Waals surface area contributed by atoms with Gasteiger partial charge in [0.25, 0.3) is 0 Å². The molecule has 1 fully saturated rings. The van der Waals surface area contributed by atoms with E-state index in [0.29, 0.717) is 4.68 Å². The number of fused-ring (bicyclic) bond motifs is 1. The maximum absolute atomic E-state index is 13.4. The molecule has 4 rings (SSSR count). The third-order valence-corrected chi connectivity index (χ3v) is 6.91. The van der Waals surface area contributed by atoms with Crippen LogP contribution < -0.4 is 0 Å². The normalized spacial score (nSPS) is 15.5. The highest BCUT2D eigenvalue weighted by atomic mass is 32.2. The Hall–Kier alpha value is -2.63. The maximum atomic E-state index is 13.4. The van der Waals surface area contributed by atoms with Crippen molar-refractivity contribution >= 4 is 20.7 Å². The number of hydrogen-bond acceptors (Lipinski definition) is 5. The van der Waals surface area contributed by atoms with Gasteiger partial charge in [0.1, 0.15) is 12.2 Å². The van der Waals surface area contributed by atoms with Crippen LogP contribution in [0.25, 0.3) is 22.3 Å². The summed E-state index contributed by atoms with van der Waals surface area (Å²) in [6.45, 7) is -0.185. The van der Waals surface area contributed by atoms with Gasteiger partial charge in [0, 0.05) is 11.6 Å². The lowest BCUT2D eigenvalue weighted by Gasteiger charge is -2.19. The van der Waals surface area contributed by atoms with Gasteiger partial charge in [0.15, 0.2) is 9.84 Å². The summed E-state index contributed by atoms with van der Waals surface area (Å²) in [4.78, 5) is 8.39. The van der Waals surface area contributed by atoms with E-state index in [0.717, 1.165) is 30.8 Å². The molecule has 1 aliphatic rings. The number of pyridine rings is 2. The van der Waals surface area contributed by atoms with Gasteiger partial charge < -0.3 is 0 Å². The van der Waals surface area contributed by atoms with Crippen LogP contribution >= 0.6 is 0 Å². The van der Waals surface area contributed by atoms with Crippen molar-refractivity contribution in [2.24, 2.45) is 0 Å². The smallest absolute Gasteiger partial charge is 0.257 e. The minimum Gasteiger partial charge on any atom is -0.257 e. The summed E-state index contributed by atoms with van der Waals surface area (Å²) < 4.78 is 90.2. The zero-order chi connectivity index (χ0) is 22.6. The fraction of sp³-hybridized carbons (Fsp3) is 0.421. The van der Waals surface area contributed by atoms with Crippen LogP contribution in [0.3, 0.4) is 0 Å². The molecule has 0 spiro atoms. The van der Waals surface area contributed by atoms with E-state index in [1.807, 2.05) is 0 Å². The quantitative estimate of drug-likeness (QED) is 0.511. The van der Waals surface area contributed by atoms with Crippen molar-refractivity contribution in [3.05, 3.63) is 36.3 Å². The van der Waals surface area contributed by atoms with Gasteiger partial charge in [-0.25, -0.2) is 8.42 Å². The number of sulfone groups is 1. The standard InChI is InChI=1S/C19H17F5N4O2S/c1-2-31(29,30)16-6-12(11-3-4-11)7-26-17(16)14-5-13-8-27-28(15(13)9-25-14)10-18(20,21)19(22,23)24/h5-9,11H,2-4,10H2,1H3. The van der Waals surface area contributed by atoms with E-state index in [1.54, 1.807) is 12.3 Å². The van der Waals surface area contributed by atoms with Crippen LogP contribution in [0.1, 0.15) is 31.2 Å². The Balaban J connectivity index is 1.76. The van der Waals surface area contributed by atoms with Gasteiger partial charge in [-0.2, -0.15) is 27.1 Å². The number of hydrogen-bond donors (Lipinski definition) is 0. The predicted octanol–water partition coefficient (Wildman–Crippen LogP) is 4.36. The van der Waals surface area contributed by atoms with Gasteiger partial charge in [-0.05, 0) is 36.5 Å². The van der Waals surface area contributed by atoms with Crippen molar-refractivity contribution in [2.45, 2.75) is 49.2 Å². The lowest BCUT2D eigenvalue weighted by atomic mass is 10.1. The fourth-order valence-corrected chi connectivity index (χ4v) is 4.27. The van der Waals surface area contributed by atoms with Gasteiger partial charge in [0.2, 0.25) is 0 Å². The molecule has 31 heavy (non-hydrogen) atoms. The first kappa shape index (κ1) is 21.6. The zero-order valence-corrected chi connectivity index (χ0v) is 17.0. The molecule has 6 nitrogen and oxygen atoms in total. The molecule has 0 aliphatic heterocycles. The molecule has 0 radical (unpaired) electrons. The van der Waals surface area contributed by atoms with Crippen LogP contribution in [0.2, 0.25) is 0 Å². The van der Waals surface area contributed by atoms with Crippen LogP contribution in [0.4, 0.5) is 22.0 Å². The Kier molecular flexibility index (Phi) is 5.02. The molecule has 0 atom stereocenters. The average molecular weight is 460 g/mol. The molecular weight excluding hydrogens is 443 g/mol. The molecule has 0 amide bonds. The number of aromatic nitrogens is 4. The summed E-state index contributed by atoms with van der Waals surface area (Å²) in [6, 6.07) is 2.95. The summed E-state index contributed by atoms with van der Waals surface area (Å²) in [5.41, 5.74) is 1.03. The Morgan fingerprint density at radius 2 is 1.77 bits per heavy atom. The Morgan fingerprint density at radius 1 is 1.06 bits per heavy atom. The highest BCUT2D eigenvalue weighted by Gasteiger charge is 2.57. The topological polar surface area (TPSA) is 77.7 Å². The molecular formula is C19H17F5N4O2S. The van der Waals surface area contributed by atoms with E-state index in [1.165, 1.54) is 13.0 Å². The molecule has 0 unspecified atom stereocenters. The molecule has 166 valence electrons. The first-order chi connectivity index (χ1) is 14.4. The van der Waals surface area contributed by atoms with Crippen molar-refractivity contribution in [2.75, 3.05) is 5.75 Å². The van der Waals surface area contributed by atoms with Crippen LogP contribution in [0, 0.1) is 0 Å². The van der Waals surface area contributed by atoms with Crippen molar-refractivity contribution in [3.63, 3.8) is 0 Å². The van der Waals surface area contributed by atoms with Crippen molar-refractivity contribution in [1.29, 1.82) is 0 Å². The summed E-state index contributed by atoms with van der Waals surface area (Å²) in [6.07, 6.45) is -0.00416. The van der Waals surface area contributed by atoms with E-state index in [4.69, 9.17) is 0 Å². The molecule has 3 heterocycles. The summed E-state index contributed by atoms with van der Waals surface area (Å²) in [7, 11) is -3.64. The highest BCUT2D eigenvalue weighted by molar-refractivity contribution is 7.91. The Morgan fingerprint density at radius 3 is 2.39 bits per heavy atom. The van der Waals surface area contributed by atoms with E-state index in [2.05, 4.69) is 15.1 Å². The second-order valence-corrected chi connectivity index (χ2v) is 9.67. The van der Waals surface area contributed by atoms with Gasteiger partial charge in [0.05, 0.1) is 34.3 Å². The SMILES string of the molecule is CCS(=O)(=O)c1cc(C2CC2)cnc1-c1cc2cnn(CC(F)(F)C(F)(F)F)c2cn1. The third kappa shape index (κ3) is 4.00. The number of rotatable bonds is 6. The van der Waals surface area contributed by atoms with E-state index in [9.17, 15) is 30.4 Å². The Labute approximate surface area is 174 Å². The first-order valence-corrected chi connectivity index (χ1v) is 11.1. The van der Waals surface area contributed by atoms with Gasteiger partial charge in [-0.1, -0.05) is 6.92 Å². The van der Waals surface area contributed by atoms with Gasteiger partial charge >= 0.3 is 12.1 Å². The van der Waals surface area contributed by atoms with Crippen molar-refractivity contribution in [3.8, 4) is 11.4 Å². The largest absolute Gasteiger partial charge is 0.455 e. The molecule has 1 saturated carbocycles. The van der Waals surface area contributed by atoms with E-state index < -0.39 is 28.5 Å². The lowest BCUT2D eigenvalue weighted by molar-refractivity contribution is -0.287. The van der Waals surface area contributed by atoms with Gasteiger partial charge in [-0.15, -0.1) is 0 Å².